The smallest absolute Gasteiger partial charge is 0.265 e. The van der Waals surface area contributed by atoms with Crippen LogP contribution in [0.15, 0.2) is 77.7 Å². The SMILES string of the molecule is O=C(Nc1ccc2c(c1)N(CCOc1ccccc1)C(=O)CO2)c1ccc(S(=O)(=O)N2CCOCC2)cc1. The molecule has 198 valence electrons. The minimum Gasteiger partial charge on any atom is -0.492 e. The fourth-order valence-corrected chi connectivity index (χ4v) is 5.62. The summed E-state index contributed by atoms with van der Waals surface area (Å²) in [5.74, 6) is 0.607. The van der Waals surface area contributed by atoms with E-state index >= 15 is 0 Å². The third kappa shape index (κ3) is 5.64. The fraction of sp³-hybridized carbons (Fsp3) is 0.259. The lowest BCUT2D eigenvalue weighted by Crippen LogP contribution is -2.41. The van der Waals surface area contributed by atoms with Gasteiger partial charge in [0.2, 0.25) is 10.0 Å². The molecule has 1 saturated heterocycles. The van der Waals surface area contributed by atoms with Crippen molar-refractivity contribution in [3.8, 4) is 11.5 Å². The first kappa shape index (κ1) is 25.7. The monoisotopic (exact) mass is 537 g/mol. The number of carbonyl (C=O) groups is 2. The molecule has 3 aromatic rings. The number of para-hydroxylation sites is 1. The number of fused-ring (bicyclic) bond motifs is 1. The van der Waals surface area contributed by atoms with E-state index in [1.54, 1.807) is 23.1 Å². The Morgan fingerprint density at radius 1 is 0.974 bits per heavy atom. The molecule has 5 rings (SSSR count). The number of amides is 2. The average Bonchev–Trinajstić information content (AvgIpc) is 2.95. The number of ether oxygens (including phenoxy) is 3. The summed E-state index contributed by atoms with van der Waals surface area (Å²) in [6.45, 7) is 1.81. The standard InChI is InChI=1S/C27H27N3O7S/c31-26-19-37-25-11-8-21(18-24(25)30(26)14-17-36-22-4-2-1-3-5-22)28-27(32)20-6-9-23(10-7-20)38(33,34)29-12-15-35-16-13-29/h1-11,18H,12-17,19H2,(H,28,32). The van der Waals surface area contributed by atoms with E-state index in [9.17, 15) is 18.0 Å². The zero-order chi connectivity index (χ0) is 26.5. The second-order valence-electron chi connectivity index (χ2n) is 8.67. The number of carbonyl (C=O) groups excluding carboxylic acids is 2. The zero-order valence-corrected chi connectivity index (χ0v) is 21.4. The Hall–Kier alpha value is -3.93. The molecule has 38 heavy (non-hydrogen) atoms. The second-order valence-corrected chi connectivity index (χ2v) is 10.6. The third-order valence-corrected chi connectivity index (χ3v) is 8.12. The quantitative estimate of drug-likeness (QED) is 0.470. The van der Waals surface area contributed by atoms with Crippen LogP contribution in [-0.2, 0) is 19.6 Å². The maximum atomic E-state index is 12.9. The van der Waals surface area contributed by atoms with Crippen LogP contribution in [0.5, 0.6) is 11.5 Å². The molecular formula is C27H27N3O7S. The van der Waals surface area contributed by atoms with Crippen molar-refractivity contribution in [3.63, 3.8) is 0 Å². The summed E-state index contributed by atoms with van der Waals surface area (Å²) in [5.41, 5.74) is 1.29. The van der Waals surface area contributed by atoms with Crippen LogP contribution in [0.3, 0.4) is 0 Å². The number of nitrogens with one attached hydrogen (secondary N) is 1. The van der Waals surface area contributed by atoms with Gasteiger partial charge in [0.1, 0.15) is 18.1 Å². The Balaban J connectivity index is 1.26. The summed E-state index contributed by atoms with van der Waals surface area (Å²) >= 11 is 0. The van der Waals surface area contributed by atoms with Crippen molar-refractivity contribution in [2.45, 2.75) is 4.90 Å². The summed E-state index contributed by atoms with van der Waals surface area (Å²) in [7, 11) is -3.65. The number of rotatable bonds is 8. The molecule has 2 heterocycles. The maximum absolute atomic E-state index is 12.9. The topological polar surface area (TPSA) is 114 Å². The van der Waals surface area contributed by atoms with Gasteiger partial charge in [-0.15, -0.1) is 0 Å². The van der Waals surface area contributed by atoms with Crippen LogP contribution in [0, 0.1) is 0 Å². The molecule has 0 atom stereocenters. The number of benzene rings is 3. The maximum Gasteiger partial charge on any atom is 0.265 e. The fourth-order valence-electron chi connectivity index (χ4n) is 4.21. The van der Waals surface area contributed by atoms with Crippen molar-refractivity contribution in [3.05, 3.63) is 78.4 Å². The van der Waals surface area contributed by atoms with Crippen LogP contribution in [-0.4, -0.2) is 70.6 Å². The van der Waals surface area contributed by atoms with Crippen molar-refractivity contribution in [1.82, 2.24) is 4.31 Å². The van der Waals surface area contributed by atoms with Gasteiger partial charge < -0.3 is 24.4 Å². The molecule has 2 amide bonds. The van der Waals surface area contributed by atoms with Gasteiger partial charge in [0, 0.05) is 24.3 Å². The molecule has 0 spiro atoms. The number of morpholine rings is 1. The Labute approximate surface area is 220 Å². The number of nitrogens with zero attached hydrogens (tertiary/aromatic N) is 2. The highest BCUT2D eigenvalue weighted by Gasteiger charge is 2.27. The lowest BCUT2D eigenvalue weighted by Gasteiger charge is -2.29. The Morgan fingerprint density at radius 3 is 2.45 bits per heavy atom. The van der Waals surface area contributed by atoms with E-state index < -0.39 is 15.9 Å². The second kappa shape index (κ2) is 11.2. The average molecular weight is 538 g/mol. The molecule has 1 fully saturated rings. The van der Waals surface area contributed by atoms with E-state index in [2.05, 4.69) is 5.32 Å². The number of hydrogen-bond donors (Lipinski definition) is 1. The summed E-state index contributed by atoms with van der Waals surface area (Å²) in [5, 5.41) is 2.81. The van der Waals surface area contributed by atoms with Crippen molar-refractivity contribution in [2.24, 2.45) is 0 Å². The minimum atomic E-state index is -3.65. The molecule has 3 aromatic carbocycles. The van der Waals surface area contributed by atoms with Gasteiger partial charge in [0.15, 0.2) is 6.61 Å². The highest BCUT2D eigenvalue weighted by atomic mass is 32.2. The first-order chi connectivity index (χ1) is 18.4. The van der Waals surface area contributed by atoms with Gasteiger partial charge in [-0.25, -0.2) is 8.42 Å². The van der Waals surface area contributed by atoms with E-state index in [0.717, 1.165) is 0 Å². The normalized spacial score (nSPS) is 15.9. The molecular weight excluding hydrogens is 510 g/mol. The first-order valence-electron chi connectivity index (χ1n) is 12.2. The van der Waals surface area contributed by atoms with Crippen molar-refractivity contribution < 1.29 is 32.2 Å². The molecule has 0 radical (unpaired) electrons. The molecule has 10 nitrogen and oxygen atoms in total. The number of hydrogen-bond acceptors (Lipinski definition) is 7. The van der Waals surface area contributed by atoms with Crippen LogP contribution < -0.4 is 19.7 Å². The molecule has 2 aliphatic heterocycles. The Bertz CT molecular complexity index is 1410. The molecule has 0 bridgehead atoms. The van der Waals surface area contributed by atoms with E-state index in [1.165, 1.54) is 28.6 Å². The molecule has 1 N–H and O–H groups in total. The van der Waals surface area contributed by atoms with Crippen molar-refractivity contribution >= 4 is 33.2 Å². The molecule has 2 aliphatic rings. The zero-order valence-electron chi connectivity index (χ0n) is 20.5. The highest BCUT2D eigenvalue weighted by Crippen LogP contribution is 2.34. The van der Waals surface area contributed by atoms with Crippen LogP contribution in [0.25, 0.3) is 0 Å². The van der Waals surface area contributed by atoms with Gasteiger partial charge in [-0.3, -0.25) is 9.59 Å². The first-order valence-corrected chi connectivity index (χ1v) is 13.6. The van der Waals surface area contributed by atoms with Crippen LogP contribution in [0.1, 0.15) is 10.4 Å². The van der Waals surface area contributed by atoms with Crippen molar-refractivity contribution in [2.75, 3.05) is 56.3 Å². The molecule has 0 aromatic heterocycles. The largest absolute Gasteiger partial charge is 0.492 e. The van der Waals surface area contributed by atoms with Gasteiger partial charge in [0.25, 0.3) is 11.8 Å². The van der Waals surface area contributed by atoms with E-state index in [1.807, 2.05) is 30.3 Å². The highest BCUT2D eigenvalue weighted by molar-refractivity contribution is 7.89. The van der Waals surface area contributed by atoms with E-state index in [0.29, 0.717) is 61.3 Å². The lowest BCUT2D eigenvalue weighted by molar-refractivity contribution is -0.121. The van der Waals surface area contributed by atoms with Crippen LogP contribution in [0.2, 0.25) is 0 Å². The van der Waals surface area contributed by atoms with E-state index in [-0.39, 0.29) is 24.0 Å². The van der Waals surface area contributed by atoms with Crippen LogP contribution in [0.4, 0.5) is 11.4 Å². The number of anilines is 2. The molecule has 11 heteroatoms. The van der Waals surface area contributed by atoms with Gasteiger partial charge in [-0.2, -0.15) is 4.31 Å². The summed E-state index contributed by atoms with van der Waals surface area (Å²) in [6.07, 6.45) is 0. The van der Waals surface area contributed by atoms with Crippen LogP contribution >= 0.6 is 0 Å². The third-order valence-electron chi connectivity index (χ3n) is 6.21. The van der Waals surface area contributed by atoms with Gasteiger partial charge in [-0.05, 0) is 54.6 Å². The van der Waals surface area contributed by atoms with Gasteiger partial charge >= 0.3 is 0 Å². The Kier molecular flexibility index (Phi) is 7.59. The van der Waals surface area contributed by atoms with Gasteiger partial charge in [-0.1, -0.05) is 18.2 Å². The van der Waals surface area contributed by atoms with Crippen molar-refractivity contribution in [1.29, 1.82) is 0 Å². The predicted octanol–water partition coefficient (Wildman–Crippen LogP) is 2.76. The summed E-state index contributed by atoms with van der Waals surface area (Å²) < 4.78 is 43.6. The Morgan fingerprint density at radius 2 is 1.71 bits per heavy atom. The molecule has 0 unspecified atom stereocenters. The number of sulfonamides is 1. The summed E-state index contributed by atoms with van der Waals surface area (Å²) in [4.78, 5) is 27.2. The predicted molar refractivity (Wildman–Crippen MR) is 140 cm³/mol. The molecule has 0 saturated carbocycles. The lowest BCUT2D eigenvalue weighted by atomic mass is 10.1. The summed E-state index contributed by atoms with van der Waals surface area (Å²) in [6, 6.07) is 20.2. The van der Waals surface area contributed by atoms with Gasteiger partial charge in [0.05, 0.1) is 30.3 Å². The van der Waals surface area contributed by atoms with E-state index in [4.69, 9.17) is 14.2 Å². The minimum absolute atomic E-state index is 0.0796. The molecule has 0 aliphatic carbocycles.